The van der Waals surface area contributed by atoms with Gasteiger partial charge >= 0.3 is 6.18 Å². The molecule has 0 heterocycles. The van der Waals surface area contributed by atoms with E-state index in [0.29, 0.717) is 5.56 Å². The highest BCUT2D eigenvalue weighted by atomic mass is 19.4. The summed E-state index contributed by atoms with van der Waals surface area (Å²) < 4.78 is 47.5. The normalized spacial score (nSPS) is 12.3. The maximum Gasteiger partial charge on any atom is 0.392 e. The highest BCUT2D eigenvalue weighted by Gasteiger charge is 2.24. The van der Waals surface area contributed by atoms with Gasteiger partial charge in [-0.2, -0.15) is 13.2 Å². The number of benzene rings is 1. The van der Waals surface area contributed by atoms with Gasteiger partial charge in [-0.05, 0) is 17.7 Å². The van der Waals surface area contributed by atoms with Crippen LogP contribution in [0, 0.1) is 5.82 Å². The molecule has 1 aromatic rings. The molecule has 0 bridgehead atoms. The summed E-state index contributed by atoms with van der Waals surface area (Å²) in [6.07, 6.45) is -2.83. The first-order valence-electron chi connectivity index (χ1n) is 3.96. The van der Waals surface area contributed by atoms with Gasteiger partial charge in [0.2, 0.25) is 0 Å². The molecule has 0 N–H and O–H groups in total. The van der Waals surface area contributed by atoms with E-state index >= 15 is 0 Å². The molecule has 0 aliphatic carbocycles. The fraction of sp³-hybridized carbons (Fsp3) is 0.200. The molecule has 76 valence electrons. The second-order valence-corrected chi connectivity index (χ2v) is 2.77. The molecule has 0 unspecified atom stereocenters. The molecule has 0 atom stereocenters. The molecular weight excluding hydrogens is 196 g/mol. The fourth-order valence-electron chi connectivity index (χ4n) is 0.903. The first-order valence-corrected chi connectivity index (χ1v) is 3.96. The lowest BCUT2D eigenvalue weighted by Gasteiger charge is -2.00. The van der Waals surface area contributed by atoms with E-state index in [4.69, 9.17) is 0 Å². The Hall–Kier alpha value is -1.32. The van der Waals surface area contributed by atoms with Crippen molar-refractivity contribution >= 4 is 6.08 Å². The summed E-state index contributed by atoms with van der Waals surface area (Å²) in [5, 5.41) is 0. The predicted molar refractivity (Wildman–Crippen MR) is 46.1 cm³/mol. The third kappa shape index (κ3) is 4.07. The topological polar surface area (TPSA) is 0 Å². The van der Waals surface area contributed by atoms with Crippen molar-refractivity contribution in [3.05, 3.63) is 41.7 Å². The van der Waals surface area contributed by atoms with E-state index in [1.54, 1.807) is 0 Å². The number of rotatable bonds is 2. The van der Waals surface area contributed by atoms with E-state index < -0.39 is 18.4 Å². The van der Waals surface area contributed by atoms with Gasteiger partial charge in [-0.15, -0.1) is 0 Å². The minimum Gasteiger partial charge on any atom is -0.207 e. The molecule has 0 aromatic heterocycles. The Morgan fingerprint density at radius 1 is 1.07 bits per heavy atom. The first-order chi connectivity index (χ1) is 6.47. The van der Waals surface area contributed by atoms with Crippen LogP contribution in [0.25, 0.3) is 6.08 Å². The molecule has 0 nitrogen and oxygen atoms in total. The van der Waals surface area contributed by atoms with Crippen molar-refractivity contribution in [3.63, 3.8) is 0 Å². The van der Waals surface area contributed by atoms with Crippen molar-refractivity contribution in [3.8, 4) is 0 Å². The summed E-state index contributed by atoms with van der Waals surface area (Å²) in [6.45, 7) is 0. The van der Waals surface area contributed by atoms with Crippen LogP contribution in [0.3, 0.4) is 0 Å². The highest BCUT2D eigenvalue weighted by Crippen LogP contribution is 2.20. The maximum absolute atomic E-state index is 12.4. The van der Waals surface area contributed by atoms with Gasteiger partial charge in [0.25, 0.3) is 0 Å². The van der Waals surface area contributed by atoms with Crippen LogP contribution in [0.4, 0.5) is 17.6 Å². The van der Waals surface area contributed by atoms with E-state index in [-0.39, 0.29) is 0 Å². The molecule has 0 fully saturated rings. The largest absolute Gasteiger partial charge is 0.392 e. The smallest absolute Gasteiger partial charge is 0.207 e. The van der Waals surface area contributed by atoms with Gasteiger partial charge in [-0.25, -0.2) is 4.39 Å². The summed E-state index contributed by atoms with van der Waals surface area (Å²) in [7, 11) is 0. The molecule has 1 aromatic carbocycles. The zero-order chi connectivity index (χ0) is 10.6. The van der Waals surface area contributed by atoms with Crippen molar-refractivity contribution in [2.75, 3.05) is 0 Å². The maximum atomic E-state index is 12.4. The van der Waals surface area contributed by atoms with Crippen molar-refractivity contribution in [2.45, 2.75) is 12.6 Å². The summed E-state index contributed by atoms with van der Waals surface area (Å²) in [5.41, 5.74) is 0.552. The molecule has 0 saturated carbocycles. The molecule has 0 aliphatic heterocycles. The summed E-state index contributed by atoms with van der Waals surface area (Å²) in [4.78, 5) is 0. The van der Waals surface area contributed by atoms with Crippen LogP contribution in [-0.2, 0) is 0 Å². The van der Waals surface area contributed by atoms with Gasteiger partial charge in [0.15, 0.2) is 0 Å². The lowest BCUT2D eigenvalue weighted by molar-refractivity contribution is -0.124. The van der Waals surface area contributed by atoms with Crippen molar-refractivity contribution in [1.29, 1.82) is 0 Å². The first kappa shape index (κ1) is 10.8. The van der Waals surface area contributed by atoms with Gasteiger partial charge in [0.05, 0.1) is 6.42 Å². The monoisotopic (exact) mass is 204 g/mol. The molecule has 1 rings (SSSR count). The van der Waals surface area contributed by atoms with Crippen LogP contribution in [-0.4, -0.2) is 6.18 Å². The van der Waals surface area contributed by atoms with E-state index in [1.165, 1.54) is 30.3 Å². The minimum atomic E-state index is -4.18. The van der Waals surface area contributed by atoms with Gasteiger partial charge in [0, 0.05) is 0 Å². The van der Waals surface area contributed by atoms with Crippen molar-refractivity contribution < 1.29 is 17.6 Å². The quantitative estimate of drug-likeness (QED) is 0.643. The Bertz CT molecular complexity index is 308. The zero-order valence-corrected chi connectivity index (χ0v) is 7.18. The van der Waals surface area contributed by atoms with Crippen LogP contribution in [0.1, 0.15) is 12.0 Å². The number of alkyl halides is 3. The third-order valence-corrected chi connectivity index (χ3v) is 1.53. The second-order valence-electron chi connectivity index (χ2n) is 2.77. The number of allylic oxidation sites excluding steroid dienone is 1. The Balaban J connectivity index is 2.57. The van der Waals surface area contributed by atoms with Gasteiger partial charge in [-0.1, -0.05) is 24.3 Å². The minimum absolute atomic E-state index is 0.405. The van der Waals surface area contributed by atoms with Crippen molar-refractivity contribution in [2.24, 2.45) is 0 Å². The average molecular weight is 204 g/mol. The molecule has 14 heavy (non-hydrogen) atoms. The number of hydrogen-bond acceptors (Lipinski definition) is 0. The molecule has 0 amide bonds. The number of halogens is 4. The molecule has 4 heteroatoms. The lowest BCUT2D eigenvalue weighted by atomic mass is 10.2. The van der Waals surface area contributed by atoms with Gasteiger partial charge in [0.1, 0.15) is 5.82 Å². The van der Waals surface area contributed by atoms with Crippen LogP contribution < -0.4 is 0 Å². The molecule has 0 saturated heterocycles. The molecular formula is C10H8F4. The summed E-state index contributed by atoms with van der Waals surface area (Å²) in [6, 6.07) is 5.24. The molecule has 0 aliphatic rings. The van der Waals surface area contributed by atoms with Crippen LogP contribution in [0.5, 0.6) is 0 Å². The lowest BCUT2D eigenvalue weighted by Crippen LogP contribution is -2.03. The van der Waals surface area contributed by atoms with E-state index in [0.717, 1.165) is 6.08 Å². The molecule has 0 spiro atoms. The van der Waals surface area contributed by atoms with E-state index in [2.05, 4.69) is 0 Å². The van der Waals surface area contributed by atoms with Crippen LogP contribution in [0.2, 0.25) is 0 Å². The average Bonchev–Trinajstić information content (AvgIpc) is 2.06. The van der Waals surface area contributed by atoms with Crippen LogP contribution >= 0.6 is 0 Å². The number of hydrogen-bond donors (Lipinski definition) is 0. The standard InChI is InChI=1S/C10H8F4/c11-9-5-3-8(4-6-9)2-1-7-10(12,13)14/h1-6H,7H2. The summed E-state index contributed by atoms with van der Waals surface area (Å²) in [5.74, 6) is -0.405. The van der Waals surface area contributed by atoms with E-state index in [9.17, 15) is 17.6 Å². The SMILES string of the molecule is Fc1ccc(C=CCC(F)(F)F)cc1. The van der Waals surface area contributed by atoms with E-state index in [1.807, 2.05) is 0 Å². The Morgan fingerprint density at radius 3 is 2.14 bits per heavy atom. The Morgan fingerprint density at radius 2 is 1.64 bits per heavy atom. The fourth-order valence-corrected chi connectivity index (χ4v) is 0.903. The third-order valence-electron chi connectivity index (χ3n) is 1.53. The van der Waals surface area contributed by atoms with Gasteiger partial charge < -0.3 is 0 Å². The van der Waals surface area contributed by atoms with Crippen molar-refractivity contribution in [1.82, 2.24) is 0 Å². The van der Waals surface area contributed by atoms with Crippen LogP contribution in [0.15, 0.2) is 30.3 Å². The van der Waals surface area contributed by atoms with Gasteiger partial charge in [-0.3, -0.25) is 0 Å². The zero-order valence-electron chi connectivity index (χ0n) is 7.18. The second kappa shape index (κ2) is 4.26. The Kier molecular flexibility index (Phi) is 3.28. The summed E-state index contributed by atoms with van der Waals surface area (Å²) >= 11 is 0. The predicted octanol–water partition coefficient (Wildman–Crippen LogP) is 3.79. The Labute approximate surface area is 78.9 Å². The highest BCUT2D eigenvalue weighted by molar-refractivity contribution is 5.48. The molecule has 0 radical (unpaired) electrons.